The zero-order chi connectivity index (χ0) is 30.1. The van der Waals surface area contributed by atoms with Crippen molar-refractivity contribution >= 4 is 17.8 Å². The summed E-state index contributed by atoms with van der Waals surface area (Å²) in [6.45, 7) is 3.83. The highest BCUT2D eigenvalue weighted by Gasteiger charge is 2.45. The Balaban J connectivity index is 0.000000333. The molecule has 2 saturated heterocycles. The van der Waals surface area contributed by atoms with Crippen LogP contribution in [0.5, 0.6) is 5.88 Å². The maximum atomic E-state index is 12.8. The van der Waals surface area contributed by atoms with Gasteiger partial charge in [0.1, 0.15) is 11.8 Å². The van der Waals surface area contributed by atoms with Crippen LogP contribution in [0.25, 0.3) is 0 Å². The van der Waals surface area contributed by atoms with Gasteiger partial charge in [-0.2, -0.15) is 26.3 Å². The molecular formula is C24H25F6N3O7. The highest BCUT2D eigenvalue weighted by Crippen LogP contribution is 2.36. The van der Waals surface area contributed by atoms with Gasteiger partial charge in [0.15, 0.2) is 0 Å². The molecule has 2 atom stereocenters. The van der Waals surface area contributed by atoms with E-state index in [0.29, 0.717) is 24.7 Å². The maximum absolute atomic E-state index is 12.8. The van der Waals surface area contributed by atoms with Crippen molar-refractivity contribution in [3.8, 4) is 5.88 Å². The van der Waals surface area contributed by atoms with Crippen molar-refractivity contribution in [1.29, 1.82) is 0 Å². The van der Waals surface area contributed by atoms with Gasteiger partial charge in [0.2, 0.25) is 5.88 Å². The lowest BCUT2D eigenvalue weighted by atomic mass is 9.89. The van der Waals surface area contributed by atoms with Crippen molar-refractivity contribution in [3.05, 3.63) is 54.0 Å². The number of carboxylic acids is 2. The smallest absolute Gasteiger partial charge is 0.475 e. The lowest BCUT2D eigenvalue weighted by Crippen LogP contribution is -2.50. The Kier molecular flexibility index (Phi) is 10.8. The molecule has 0 saturated carbocycles. The zero-order valence-electron chi connectivity index (χ0n) is 20.9. The van der Waals surface area contributed by atoms with Gasteiger partial charge in [0.05, 0.1) is 18.8 Å². The fraction of sp³-hybridized carbons (Fsp3) is 0.458. The third-order valence-corrected chi connectivity index (χ3v) is 5.55. The Morgan fingerprint density at radius 3 is 2.17 bits per heavy atom. The van der Waals surface area contributed by atoms with Gasteiger partial charge >= 0.3 is 24.3 Å². The second-order valence-electron chi connectivity index (χ2n) is 8.76. The normalized spacial score (nSPS) is 20.5. The lowest BCUT2D eigenvalue weighted by molar-refractivity contribution is -0.193. The molecule has 2 N–H and O–H groups in total. The van der Waals surface area contributed by atoms with Gasteiger partial charge in [-0.3, -0.25) is 9.78 Å². The van der Waals surface area contributed by atoms with E-state index in [9.17, 15) is 31.1 Å². The predicted molar refractivity (Wildman–Crippen MR) is 123 cm³/mol. The Morgan fingerprint density at radius 1 is 1.02 bits per heavy atom. The predicted octanol–water partition coefficient (Wildman–Crippen LogP) is 3.89. The van der Waals surface area contributed by atoms with E-state index in [1.54, 1.807) is 12.4 Å². The molecule has 2 aliphatic heterocycles. The van der Waals surface area contributed by atoms with Gasteiger partial charge in [-0.25, -0.2) is 14.6 Å². The monoisotopic (exact) mass is 581 g/mol. The molecule has 40 heavy (non-hydrogen) atoms. The van der Waals surface area contributed by atoms with E-state index < -0.39 is 24.3 Å². The Hall–Kier alpha value is -3.95. The number of aromatic nitrogens is 2. The summed E-state index contributed by atoms with van der Waals surface area (Å²) in [7, 11) is 0. The van der Waals surface area contributed by atoms with E-state index in [2.05, 4.69) is 9.97 Å². The van der Waals surface area contributed by atoms with Crippen molar-refractivity contribution in [2.24, 2.45) is 0 Å². The fourth-order valence-corrected chi connectivity index (χ4v) is 3.84. The lowest BCUT2D eigenvalue weighted by Gasteiger charge is -2.39. The van der Waals surface area contributed by atoms with Crippen LogP contribution in [0.2, 0.25) is 0 Å². The first-order valence-corrected chi connectivity index (χ1v) is 11.6. The van der Waals surface area contributed by atoms with Crippen molar-refractivity contribution in [2.75, 3.05) is 19.7 Å². The second-order valence-corrected chi connectivity index (χ2v) is 8.76. The largest absolute Gasteiger partial charge is 0.490 e. The summed E-state index contributed by atoms with van der Waals surface area (Å²) in [5, 5.41) is 14.2. The first kappa shape index (κ1) is 32.3. The number of likely N-dealkylation sites (tertiary alicyclic amines) is 1. The Morgan fingerprint density at radius 2 is 1.65 bits per heavy atom. The van der Waals surface area contributed by atoms with Crippen LogP contribution in [0.4, 0.5) is 26.3 Å². The number of piperidine rings is 1. The van der Waals surface area contributed by atoms with Crippen LogP contribution in [0.3, 0.4) is 0 Å². The molecular weight excluding hydrogens is 556 g/mol. The van der Waals surface area contributed by atoms with E-state index in [1.165, 1.54) is 0 Å². The van der Waals surface area contributed by atoms with Gasteiger partial charge in [-0.15, -0.1) is 0 Å². The number of hydrogen-bond donors (Lipinski definition) is 2. The SMILES string of the molecule is Cc1ccnc(C(=O)N2CCC[C@]3(C[C@@H](Oc4ccccn4)CO3)C2)c1.O=C(O)C(F)(F)F.O=C(O)C(F)(F)F. The van der Waals surface area contributed by atoms with Gasteiger partial charge in [-0.05, 0) is 43.5 Å². The summed E-state index contributed by atoms with van der Waals surface area (Å²) in [4.78, 5) is 40.9. The third-order valence-electron chi connectivity index (χ3n) is 5.55. The molecule has 220 valence electrons. The van der Waals surface area contributed by atoms with Gasteiger partial charge < -0.3 is 24.6 Å². The molecule has 2 aliphatic rings. The van der Waals surface area contributed by atoms with E-state index in [-0.39, 0.29) is 17.6 Å². The van der Waals surface area contributed by atoms with Crippen LogP contribution >= 0.6 is 0 Å². The number of alkyl halides is 6. The minimum atomic E-state index is -5.08. The number of carbonyl (C=O) groups excluding carboxylic acids is 1. The molecule has 4 rings (SSSR count). The topological polar surface area (TPSA) is 139 Å². The molecule has 10 nitrogen and oxygen atoms in total. The Labute approximate surface area is 223 Å². The maximum Gasteiger partial charge on any atom is 0.490 e. The number of pyridine rings is 2. The number of rotatable bonds is 3. The minimum Gasteiger partial charge on any atom is -0.475 e. The number of amides is 1. The van der Waals surface area contributed by atoms with Crippen LogP contribution < -0.4 is 4.74 Å². The van der Waals surface area contributed by atoms with Crippen molar-refractivity contribution in [3.63, 3.8) is 0 Å². The molecule has 1 amide bonds. The molecule has 0 unspecified atom stereocenters. The summed E-state index contributed by atoms with van der Waals surface area (Å²) >= 11 is 0. The first-order chi connectivity index (χ1) is 18.5. The number of nitrogens with zero attached hydrogens (tertiary/aromatic N) is 3. The summed E-state index contributed by atoms with van der Waals surface area (Å²) in [5.41, 5.74) is 1.22. The van der Waals surface area contributed by atoms with Crippen molar-refractivity contribution in [2.45, 2.75) is 50.2 Å². The highest BCUT2D eigenvalue weighted by molar-refractivity contribution is 5.92. The van der Waals surface area contributed by atoms with Gasteiger partial charge in [0, 0.05) is 31.4 Å². The average molecular weight is 581 g/mol. The van der Waals surface area contributed by atoms with Crippen LogP contribution in [0.1, 0.15) is 35.3 Å². The molecule has 0 aliphatic carbocycles. The number of carboxylic acid groups (broad SMARTS) is 2. The van der Waals surface area contributed by atoms with Crippen LogP contribution in [0, 0.1) is 6.92 Å². The number of ether oxygens (including phenoxy) is 2. The number of halogens is 6. The van der Waals surface area contributed by atoms with E-state index in [1.807, 2.05) is 42.2 Å². The van der Waals surface area contributed by atoms with E-state index >= 15 is 0 Å². The fourth-order valence-electron chi connectivity index (χ4n) is 3.84. The van der Waals surface area contributed by atoms with Crippen LogP contribution in [0.15, 0.2) is 42.7 Å². The van der Waals surface area contributed by atoms with Crippen molar-refractivity contribution in [1.82, 2.24) is 14.9 Å². The molecule has 4 heterocycles. The number of hydrogen-bond acceptors (Lipinski definition) is 7. The number of carbonyl (C=O) groups is 3. The van der Waals surface area contributed by atoms with Gasteiger partial charge in [0.25, 0.3) is 5.91 Å². The molecule has 2 aromatic rings. The summed E-state index contributed by atoms with van der Waals surface area (Å²) in [5.74, 6) is -4.92. The van der Waals surface area contributed by atoms with Crippen LogP contribution in [-0.2, 0) is 14.3 Å². The molecule has 0 bridgehead atoms. The minimum absolute atomic E-state index is 0.0227. The zero-order valence-corrected chi connectivity index (χ0v) is 20.9. The highest BCUT2D eigenvalue weighted by atomic mass is 19.4. The first-order valence-electron chi connectivity index (χ1n) is 11.6. The van der Waals surface area contributed by atoms with Crippen molar-refractivity contribution < 1.29 is 60.4 Å². The third kappa shape index (κ3) is 9.98. The summed E-state index contributed by atoms with van der Waals surface area (Å²) in [6.07, 6.45) is -4.15. The Bertz CT molecular complexity index is 1140. The summed E-state index contributed by atoms with van der Waals surface area (Å²) in [6, 6.07) is 9.36. The molecule has 2 aromatic heterocycles. The average Bonchev–Trinajstić information content (AvgIpc) is 3.24. The second kappa shape index (κ2) is 13.4. The molecule has 16 heteroatoms. The van der Waals surface area contributed by atoms with Gasteiger partial charge in [-0.1, -0.05) is 6.07 Å². The summed E-state index contributed by atoms with van der Waals surface area (Å²) < 4.78 is 75.6. The quantitative estimate of drug-likeness (QED) is 0.517. The standard InChI is InChI=1S/C20H23N3O3.2C2HF3O2/c1-15-6-9-21-17(11-15)19(24)23-10-4-7-20(14-23)12-16(13-25-20)26-18-5-2-3-8-22-18;2*3-2(4,5)1(6)7/h2-3,5-6,8-9,11,16H,4,7,10,12-14H2,1H3;2*(H,6,7)/t16-,20+;;/m1../s1. The molecule has 0 aromatic carbocycles. The number of aliphatic carboxylic acids is 2. The van der Waals surface area contributed by atoms with E-state index in [0.717, 1.165) is 31.4 Å². The number of aryl methyl sites for hydroxylation is 1. The van der Waals surface area contributed by atoms with Crippen LogP contribution in [-0.4, -0.2) is 86.7 Å². The van der Waals surface area contributed by atoms with E-state index in [4.69, 9.17) is 29.3 Å². The molecule has 1 spiro atoms. The molecule has 0 radical (unpaired) electrons. The molecule has 2 fully saturated rings.